The van der Waals surface area contributed by atoms with E-state index in [-0.39, 0.29) is 11.2 Å². The fourth-order valence-electron chi connectivity index (χ4n) is 2.42. The number of rotatable bonds is 0. The molecule has 2 heteroatoms. The largest absolute Gasteiger partial charge is 0.382 e. The molecule has 0 amide bonds. The molecule has 1 aliphatic heterocycles. The van der Waals surface area contributed by atoms with E-state index in [1.54, 1.807) is 6.07 Å². The Bertz CT molecular complexity index is 357. The third kappa shape index (κ3) is 1.49. The van der Waals surface area contributed by atoms with Crippen LogP contribution in [0, 0.1) is 5.82 Å². The summed E-state index contributed by atoms with van der Waals surface area (Å²) in [6.07, 6.45) is 1.09. The lowest BCUT2D eigenvalue weighted by molar-refractivity contribution is 0.433. The van der Waals surface area contributed by atoms with Gasteiger partial charge in [-0.25, -0.2) is 4.39 Å². The van der Waals surface area contributed by atoms with E-state index in [9.17, 15) is 4.39 Å². The SMILES string of the molecule is CC1CC(C)(C)c2ccc(F)cc2N1. The van der Waals surface area contributed by atoms with Crippen LogP contribution in [0.25, 0.3) is 0 Å². The van der Waals surface area contributed by atoms with E-state index in [1.165, 1.54) is 11.6 Å². The highest BCUT2D eigenvalue weighted by Gasteiger charge is 2.30. The molecule has 0 aliphatic carbocycles. The number of hydrogen-bond acceptors (Lipinski definition) is 1. The summed E-state index contributed by atoms with van der Waals surface area (Å²) in [5.74, 6) is -0.166. The molecule has 1 unspecified atom stereocenters. The summed E-state index contributed by atoms with van der Waals surface area (Å²) in [5, 5.41) is 3.32. The van der Waals surface area contributed by atoms with Crippen LogP contribution >= 0.6 is 0 Å². The maximum Gasteiger partial charge on any atom is 0.125 e. The van der Waals surface area contributed by atoms with Crippen molar-refractivity contribution in [1.82, 2.24) is 0 Å². The van der Waals surface area contributed by atoms with Crippen LogP contribution in [0.1, 0.15) is 32.8 Å². The summed E-state index contributed by atoms with van der Waals surface area (Å²) in [7, 11) is 0. The molecule has 1 aliphatic rings. The van der Waals surface area contributed by atoms with E-state index >= 15 is 0 Å². The van der Waals surface area contributed by atoms with E-state index in [1.807, 2.05) is 6.07 Å². The van der Waals surface area contributed by atoms with Crippen molar-refractivity contribution in [2.24, 2.45) is 0 Å². The molecule has 1 N–H and O–H groups in total. The molecule has 1 heterocycles. The molecule has 1 aromatic rings. The second kappa shape index (κ2) is 2.97. The van der Waals surface area contributed by atoms with Gasteiger partial charge in [-0.15, -0.1) is 0 Å². The van der Waals surface area contributed by atoms with Crippen molar-refractivity contribution in [2.75, 3.05) is 5.32 Å². The van der Waals surface area contributed by atoms with Crippen molar-refractivity contribution in [3.63, 3.8) is 0 Å². The molecule has 0 spiro atoms. The Hall–Kier alpha value is -1.05. The topological polar surface area (TPSA) is 12.0 Å². The minimum atomic E-state index is -0.166. The van der Waals surface area contributed by atoms with E-state index in [0.717, 1.165) is 12.1 Å². The standard InChI is InChI=1S/C12H16FN/c1-8-7-12(2,3)10-5-4-9(13)6-11(10)14-8/h4-6,8,14H,7H2,1-3H3. The van der Waals surface area contributed by atoms with Gasteiger partial charge in [0.2, 0.25) is 0 Å². The van der Waals surface area contributed by atoms with Crippen molar-refractivity contribution in [3.8, 4) is 0 Å². The van der Waals surface area contributed by atoms with Crippen LogP contribution < -0.4 is 5.32 Å². The maximum absolute atomic E-state index is 13.0. The van der Waals surface area contributed by atoms with Gasteiger partial charge in [0.05, 0.1) is 0 Å². The average Bonchev–Trinajstić information content (AvgIpc) is 2.00. The summed E-state index contributed by atoms with van der Waals surface area (Å²) >= 11 is 0. The number of hydrogen-bond donors (Lipinski definition) is 1. The molecule has 76 valence electrons. The summed E-state index contributed by atoms with van der Waals surface area (Å²) in [5.41, 5.74) is 2.32. The Morgan fingerprint density at radius 3 is 2.86 bits per heavy atom. The Balaban J connectivity index is 2.52. The molecule has 1 aromatic carbocycles. The van der Waals surface area contributed by atoms with E-state index in [0.29, 0.717) is 6.04 Å². The van der Waals surface area contributed by atoms with Gasteiger partial charge in [0.25, 0.3) is 0 Å². The van der Waals surface area contributed by atoms with Crippen molar-refractivity contribution < 1.29 is 4.39 Å². The zero-order valence-corrected chi connectivity index (χ0v) is 8.89. The van der Waals surface area contributed by atoms with Gasteiger partial charge < -0.3 is 5.32 Å². The molecule has 2 rings (SSSR count). The second-order valence-electron chi connectivity index (χ2n) is 4.82. The van der Waals surface area contributed by atoms with Crippen LogP contribution in [-0.2, 0) is 5.41 Å². The smallest absolute Gasteiger partial charge is 0.125 e. The van der Waals surface area contributed by atoms with Crippen molar-refractivity contribution in [3.05, 3.63) is 29.6 Å². The fourth-order valence-corrected chi connectivity index (χ4v) is 2.42. The average molecular weight is 193 g/mol. The Labute approximate surface area is 84.3 Å². The summed E-state index contributed by atoms with van der Waals surface area (Å²) < 4.78 is 13.0. The van der Waals surface area contributed by atoms with Gasteiger partial charge in [-0.05, 0) is 36.5 Å². The third-order valence-electron chi connectivity index (χ3n) is 2.93. The van der Waals surface area contributed by atoms with Crippen LogP contribution in [0.15, 0.2) is 18.2 Å². The first-order valence-electron chi connectivity index (χ1n) is 5.05. The van der Waals surface area contributed by atoms with Crippen LogP contribution in [0.4, 0.5) is 10.1 Å². The predicted molar refractivity (Wildman–Crippen MR) is 57.1 cm³/mol. The number of fused-ring (bicyclic) bond motifs is 1. The van der Waals surface area contributed by atoms with Crippen LogP contribution in [0.5, 0.6) is 0 Å². The number of nitrogens with one attached hydrogen (secondary N) is 1. The van der Waals surface area contributed by atoms with E-state index in [2.05, 4.69) is 26.1 Å². The molecule has 0 fully saturated rings. The lowest BCUT2D eigenvalue weighted by Crippen LogP contribution is -2.34. The predicted octanol–water partition coefficient (Wildman–Crippen LogP) is 3.31. The molecule has 1 nitrogen and oxygen atoms in total. The monoisotopic (exact) mass is 193 g/mol. The number of benzene rings is 1. The van der Waals surface area contributed by atoms with Crippen molar-refractivity contribution >= 4 is 5.69 Å². The van der Waals surface area contributed by atoms with Gasteiger partial charge in [-0.1, -0.05) is 19.9 Å². The van der Waals surface area contributed by atoms with Gasteiger partial charge in [-0.2, -0.15) is 0 Å². The molecule has 0 saturated carbocycles. The minimum Gasteiger partial charge on any atom is -0.382 e. The second-order valence-corrected chi connectivity index (χ2v) is 4.82. The zero-order chi connectivity index (χ0) is 10.3. The fraction of sp³-hybridized carbons (Fsp3) is 0.500. The molecular formula is C12H16FN. The Kier molecular flexibility index (Phi) is 2.02. The van der Waals surface area contributed by atoms with E-state index < -0.39 is 0 Å². The highest BCUT2D eigenvalue weighted by atomic mass is 19.1. The summed E-state index contributed by atoms with van der Waals surface area (Å²) in [6.45, 7) is 6.55. The quantitative estimate of drug-likeness (QED) is 0.666. The zero-order valence-electron chi connectivity index (χ0n) is 8.89. The number of halogens is 1. The van der Waals surface area contributed by atoms with Gasteiger partial charge in [0.1, 0.15) is 5.82 Å². The van der Waals surface area contributed by atoms with E-state index in [4.69, 9.17) is 0 Å². The summed E-state index contributed by atoms with van der Waals surface area (Å²) in [6, 6.07) is 5.44. The van der Waals surface area contributed by atoms with Gasteiger partial charge >= 0.3 is 0 Å². The molecule has 1 atom stereocenters. The Morgan fingerprint density at radius 1 is 1.43 bits per heavy atom. The van der Waals surface area contributed by atoms with Gasteiger partial charge in [0, 0.05) is 11.7 Å². The Morgan fingerprint density at radius 2 is 2.14 bits per heavy atom. The van der Waals surface area contributed by atoms with Crippen LogP contribution in [0.3, 0.4) is 0 Å². The highest BCUT2D eigenvalue weighted by molar-refractivity contribution is 5.57. The lowest BCUT2D eigenvalue weighted by atomic mass is 9.76. The summed E-state index contributed by atoms with van der Waals surface area (Å²) in [4.78, 5) is 0. The molecule has 0 bridgehead atoms. The lowest BCUT2D eigenvalue weighted by Gasteiger charge is -2.37. The third-order valence-corrected chi connectivity index (χ3v) is 2.93. The molecule has 0 radical (unpaired) electrons. The molecule has 0 saturated heterocycles. The van der Waals surface area contributed by atoms with Crippen LogP contribution in [-0.4, -0.2) is 6.04 Å². The van der Waals surface area contributed by atoms with Crippen molar-refractivity contribution in [2.45, 2.75) is 38.6 Å². The molecule has 0 aromatic heterocycles. The molecular weight excluding hydrogens is 177 g/mol. The normalized spacial score (nSPS) is 23.9. The first-order chi connectivity index (χ1) is 6.49. The van der Waals surface area contributed by atoms with Gasteiger partial charge in [0.15, 0.2) is 0 Å². The van der Waals surface area contributed by atoms with Crippen LogP contribution in [0.2, 0.25) is 0 Å². The molecule has 14 heavy (non-hydrogen) atoms. The maximum atomic E-state index is 13.0. The minimum absolute atomic E-state index is 0.147. The highest BCUT2D eigenvalue weighted by Crippen LogP contribution is 2.38. The van der Waals surface area contributed by atoms with Gasteiger partial charge in [-0.3, -0.25) is 0 Å². The number of anilines is 1. The van der Waals surface area contributed by atoms with Crippen molar-refractivity contribution in [1.29, 1.82) is 0 Å². The first kappa shape index (κ1) is 9.50. The first-order valence-corrected chi connectivity index (χ1v) is 5.05.